The minimum Gasteiger partial charge on any atom is -0.480 e. The molecule has 2 rings (SSSR count). The number of carbonyl (C=O) groups is 1. The number of morpholine rings is 1. The van der Waals surface area contributed by atoms with Crippen molar-refractivity contribution in [2.24, 2.45) is 0 Å². The van der Waals surface area contributed by atoms with Crippen molar-refractivity contribution in [1.29, 1.82) is 0 Å². The molecule has 0 radical (unpaired) electrons. The summed E-state index contributed by atoms with van der Waals surface area (Å²) in [5, 5.41) is 2.78. The van der Waals surface area contributed by atoms with Gasteiger partial charge in [-0.1, -0.05) is 0 Å². The SMILES string of the molecule is COc1ncccc1NC(=O)N1CCOCC1. The number of carbonyl (C=O) groups excluding carboxylic acids is 1. The van der Waals surface area contributed by atoms with Crippen LogP contribution in [0.5, 0.6) is 5.88 Å². The van der Waals surface area contributed by atoms with Crippen molar-refractivity contribution >= 4 is 11.7 Å². The highest BCUT2D eigenvalue weighted by molar-refractivity contribution is 5.90. The Balaban J connectivity index is 2.01. The quantitative estimate of drug-likeness (QED) is 0.832. The maximum Gasteiger partial charge on any atom is 0.322 e. The molecule has 0 aliphatic carbocycles. The van der Waals surface area contributed by atoms with Crippen LogP contribution in [0.4, 0.5) is 10.5 Å². The van der Waals surface area contributed by atoms with Crippen molar-refractivity contribution in [3.63, 3.8) is 0 Å². The normalized spacial score (nSPS) is 15.5. The van der Waals surface area contributed by atoms with Gasteiger partial charge < -0.3 is 19.7 Å². The molecule has 6 nitrogen and oxygen atoms in total. The fraction of sp³-hybridized carbons (Fsp3) is 0.455. The van der Waals surface area contributed by atoms with Gasteiger partial charge in [0.2, 0.25) is 5.88 Å². The number of hydrogen-bond donors (Lipinski definition) is 1. The first-order chi connectivity index (χ1) is 8.31. The summed E-state index contributed by atoms with van der Waals surface area (Å²) in [4.78, 5) is 17.6. The Labute approximate surface area is 99.5 Å². The summed E-state index contributed by atoms with van der Waals surface area (Å²) in [6.45, 7) is 2.37. The highest BCUT2D eigenvalue weighted by Gasteiger charge is 2.17. The first kappa shape index (κ1) is 11.7. The molecule has 0 spiro atoms. The van der Waals surface area contributed by atoms with E-state index in [2.05, 4.69) is 10.3 Å². The van der Waals surface area contributed by atoms with Crippen molar-refractivity contribution < 1.29 is 14.3 Å². The molecular weight excluding hydrogens is 222 g/mol. The van der Waals surface area contributed by atoms with E-state index in [1.807, 2.05) is 0 Å². The number of aromatic nitrogens is 1. The van der Waals surface area contributed by atoms with E-state index in [4.69, 9.17) is 9.47 Å². The zero-order valence-corrected chi connectivity index (χ0v) is 9.68. The van der Waals surface area contributed by atoms with E-state index in [0.717, 1.165) is 0 Å². The highest BCUT2D eigenvalue weighted by Crippen LogP contribution is 2.20. The lowest BCUT2D eigenvalue weighted by Crippen LogP contribution is -2.43. The summed E-state index contributed by atoms with van der Waals surface area (Å²) in [6.07, 6.45) is 1.61. The van der Waals surface area contributed by atoms with Gasteiger partial charge in [-0.25, -0.2) is 9.78 Å². The number of rotatable bonds is 2. The number of ether oxygens (including phenoxy) is 2. The largest absolute Gasteiger partial charge is 0.480 e. The second-order valence-electron chi connectivity index (χ2n) is 3.59. The summed E-state index contributed by atoms with van der Waals surface area (Å²) in [7, 11) is 1.52. The maximum absolute atomic E-state index is 11.9. The minimum absolute atomic E-state index is 0.153. The van der Waals surface area contributed by atoms with Crippen LogP contribution in [-0.4, -0.2) is 49.3 Å². The van der Waals surface area contributed by atoms with Gasteiger partial charge in [0.1, 0.15) is 5.69 Å². The second kappa shape index (κ2) is 5.49. The Hall–Kier alpha value is -1.82. The molecule has 1 aromatic rings. The maximum atomic E-state index is 11.9. The van der Waals surface area contributed by atoms with Gasteiger partial charge in [0.05, 0.1) is 20.3 Å². The molecule has 1 fully saturated rings. The predicted molar refractivity (Wildman–Crippen MR) is 62.2 cm³/mol. The molecule has 17 heavy (non-hydrogen) atoms. The Morgan fingerprint density at radius 2 is 2.29 bits per heavy atom. The fourth-order valence-corrected chi connectivity index (χ4v) is 1.61. The van der Waals surface area contributed by atoms with Crippen LogP contribution in [0, 0.1) is 0 Å². The molecule has 1 aliphatic rings. The van der Waals surface area contributed by atoms with Gasteiger partial charge >= 0.3 is 6.03 Å². The Morgan fingerprint density at radius 1 is 1.53 bits per heavy atom. The Kier molecular flexibility index (Phi) is 3.77. The van der Waals surface area contributed by atoms with Crippen molar-refractivity contribution in [3.8, 4) is 5.88 Å². The van der Waals surface area contributed by atoms with Crippen LogP contribution < -0.4 is 10.1 Å². The minimum atomic E-state index is -0.153. The zero-order chi connectivity index (χ0) is 12.1. The molecular formula is C11H15N3O3. The van der Waals surface area contributed by atoms with Crippen LogP contribution in [0.2, 0.25) is 0 Å². The molecule has 0 atom stereocenters. The molecule has 1 N–H and O–H groups in total. The number of urea groups is 1. The number of pyridine rings is 1. The number of amides is 2. The predicted octanol–water partition coefficient (Wildman–Crippen LogP) is 0.954. The molecule has 2 amide bonds. The van der Waals surface area contributed by atoms with Gasteiger partial charge in [-0.05, 0) is 12.1 Å². The van der Waals surface area contributed by atoms with Crippen LogP contribution in [0.3, 0.4) is 0 Å². The summed E-state index contributed by atoms with van der Waals surface area (Å²) < 4.78 is 10.3. The monoisotopic (exact) mass is 237 g/mol. The molecule has 1 aliphatic heterocycles. The summed E-state index contributed by atoms with van der Waals surface area (Å²) in [6, 6.07) is 3.35. The van der Waals surface area contributed by atoms with Crippen LogP contribution in [0.1, 0.15) is 0 Å². The molecule has 92 valence electrons. The number of methoxy groups -OCH3 is 1. The van der Waals surface area contributed by atoms with E-state index < -0.39 is 0 Å². The van der Waals surface area contributed by atoms with Crippen LogP contribution >= 0.6 is 0 Å². The second-order valence-corrected chi connectivity index (χ2v) is 3.59. The van der Waals surface area contributed by atoms with Crippen molar-refractivity contribution in [3.05, 3.63) is 18.3 Å². The lowest BCUT2D eigenvalue weighted by molar-refractivity contribution is 0.0564. The summed E-state index contributed by atoms with van der Waals surface area (Å²) in [5.74, 6) is 0.411. The number of nitrogens with zero attached hydrogens (tertiary/aromatic N) is 2. The van der Waals surface area contributed by atoms with Crippen molar-refractivity contribution in [1.82, 2.24) is 9.88 Å². The molecule has 6 heteroatoms. The van der Waals surface area contributed by atoms with Crippen molar-refractivity contribution in [2.75, 3.05) is 38.7 Å². The molecule has 0 unspecified atom stereocenters. The van der Waals surface area contributed by atoms with Gasteiger partial charge in [-0.15, -0.1) is 0 Å². The molecule has 0 saturated carbocycles. The third-order valence-electron chi connectivity index (χ3n) is 2.50. The topological polar surface area (TPSA) is 63.7 Å². The highest BCUT2D eigenvalue weighted by atomic mass is 16.5. The van der Waals surface area contributed by atoms with E-state index in [1.54, 1.807) is 23.2 Å². The first-order valence-corrected chi connectivity index (χ1v) is 5.44. The fourth-order valence-electron chi connectivity index (χ4n) is 1.61. The number of nitrogens with one attached hydrogen (secondary N) is 1. The smallest absolute Gasteiger partial charge is 0.322 e. The van der Waals surface area contributed by atoms with Gasteiger partial charge in [0.25, 0.3) is 0 Å². The van der Waals surface area contributed by atoms with E-state index in [-0.39, 0.29) is 6.03 Å². The van der Waals surface area contributed by atoms with Gasteiger partial charge in [0, 0.05) is 19.3 Å². The van der Waals surface area contributed by atoms with E-state index in [1.165, 1.54) is 7.11 Å². The molecule has 2 heterocycles. The molecule has 1 saturated heterocycles. The van der Waals surface area contributed by atoms with Crippen LogP contribution in [0.15, 0.2) is 18.3 Å². The summed E-state index contributed by atoms with van der Waals surface area (Å²) >= 11 is 0. The third kappa shape index (κ3) is 2.85. The number of anilines is 1. The Bertz CT molecular complexity index is 391. The molecule has 0 bridgehead atoms. The lowest BCUT2D eigenvalue weighted by Gasteiger charge is -2.27. The van der Waals surface area contributed by atoms with Crippen LogP contribution in [-0.2, 0) is 4.74 Å². The molecule has 1 aromatic heterocycles. The van der Waals surface area contributed by atoms with E-state index in [0.29, 0.717) is 37.9 Å². The zero-order valence-electron chi connectivity index (χ0n) is 9.68. The molecule has 0 aromatic carbocycles. The van der Waals surface area contributed by atoms with Crippen LogP contribution in [0.25, 0.3) is 0 Å². The average Bonchev–Trinajstić information content (AvgIpc) is 2.40. The van der Waals surface area contributed by atoms with Crippen molar-refractivity contribution in [2.45, 2.75) is 0 Å². The van der Waals surface area contributed by atoms with E-state index in [9.17, 15) is 4.79 Å². The summed E-state index contributed by atoms with van der Waals surface area (Å²) in [5.41, 5.74) is 0.575. The third-order valence-corrected chi connectivity index (χ3v) is 2.50. The van der Waals surface area contributed by atoms with Gasteiger partial charge in [0.15, 0.2) is 0 Å². The first-order valence-electron chi connectivity index (χ1n) is 5.44. The number of hydrogen-bond acceptors (Lipinski definition) is 4. The average molecular weight is 237 g/mol. The standard InChI is InChI=1S/C11H15N3O3/c1-16-10-9(3-2-4-12-10)13-11(15)14-5-7-17-8-6-14/h2-4H,5-8H2,1H3,(H,13,15). The van der Waals surface area contributed by atoms with Gasteiger partial charge in [-0.2, -0.15) is 0 Å². The van der Waals surface area contributed by atoms with Gasteiger partial charge in [-0.3, -0.25) is 0 Å². The Morgan fingerprint density at radius 3 is 3.00 bits per heavy atom. The van der Waals surface area contributed by atoms with E-state index >= 15 is 0 Å². The lowest BCUT2D eigenvalue weighted by atomic mass is 10.4.